The Bertz CT molecular complexity index is 1070. The fourth-order valence-corrected chi connectivity index (χ4v) is 3.04. The van der Waals surface area contributed by atoms with Crippen LogP contribution >= 0.6 is 11.8 Å². The SMILES string of the molecule is CCOC(=O)c1cccc(NC(=O)CSc2nnc(-c3ccccc3)c(=O)[nH]2)c1. The van der Waals surface area contributed by atoms with Crippen molar-refractivity contribution in [3.8, 4) is 11.3 Å². The van der Waals surface area contributed by atoms with E-state index in [2.05, 4.69) is 20.5 Å². The highest BCUT2D eigenvalue weighted by Crippen LogP contribution is 2.16. The van der Waals surface area contributed by atoms with Gasteiger partial charge in [-0.2, -0.15) is 0 Å². The van der Waals surface area contributed by atoms with Crippen LogP contribution in [0.5, 0.6) is 0 Å². The fourth-order valence-electron chi connectivity index (χ4n) is 2.44. The van der Waals surface area contributed by atoms with Gasteiger partial charge in [0, 0.05) is 11.3 Å². The topological polar surface area (TPSA) is 114 Å². The van der Waals surface area contributed by atoms with E-state index in [4.69, 9.17) is 4.74 Å². The Morgan fingerprint density at radius 3 is 2.62 bits per heavy atom. The predicted octanol–water partition coefficient (Wildman–Crippen LogP) is 2.74. The van der Waals surface area contributed by atoms with E-state index in [1.807, 2.05) is 6.07 Å². The van der Waals surface area contributed by atoms with Crippen LogP contribution in [-0.2, 0) is 9.53 Å². The molecule has 0 spiro atoms. The smallest absolute Gasteiger partial charge is 0.338 e. The Kier molecular flexibility index (Phi) is 6.75. The summed E-state index contributed by atoms with van der Waals surface area (Å²) in [6, 6.07) is 15.5. The van der Waals surface area contributed by atoms with Crippen molar-refractivity contribution in [2.45, 2.75) is 12.1 Å². The third-order valence-corrected chi connectivity index (χ3v) is 4.58. The normalized spacial score (nSPS) is 10.4. The molecule has 0 fully saturated rings. The fraction of sp³-hybridized carbons (Fsp3) is 0.150. The van der Waals surface area contributed by atoms with Crippen molar-refractivity contribution in [1.29, 1.82) is 0 Å². The van der Waals surface area contributed by atoms with Crippen LogP contribution in [0.25, 0.3) is 11.3 Å². The van der Waals surface area contributed by atoms with Crippen LogP contribution in [0.3, 0.4) is 0 Å². The van der Waals surface area contributed by atoms with Crippen LogP contribution in [0.4, 0.5) is 5.69 Å². The Balaban J connectivity index is 1.60. The summed E-state index contributed by atoms with van der Waals surface area (Å²) in [7, 11) is 0. The molecule has 8 nitrogen and oxygen atoms in total. The zero-order valence-corrected chi connectivity index (χ0v) is 16.4. The molecule has 0 aliphatic carbocycles. The Morgan fingerprint density at radius 2 is 1.90 bits per heavy atom. The van der Waals surface area contributed by atoms with Gasteiger partial charge in [-0.3, -0.25) is 14.6 Å². The van der Waals surface area contributed by atoms with Crippen LogP contribution in [0.2, 0.25) is 0 Å². The lowest BCUT2D eigenvalue weighted by Crippen LogP contribution is -2.17. The summed E-state index contributed by atoms with van der Waals surface area (Å²) in [5, 5.41) is 10.9. The number of hydrogen-bond donors (Lipinski definition) is 2. The molecule has 0 unspecified atom stereocenters. The first kappa shape index (κ1) is 20.3. The van der Waals surface area contributed by atoms with Crippen LogP contribution in [-0.4, -0.2) is 39.4 Å². The summed E-state index contributed by atoms with van der Waals surface area (Å²) >= 11 is 1.05. The molecule has 3 rings (SSSR count). The number of anilines is 1. The highest BCUT2D eigenvalue weighted by molar-refractivity contribution is 7.99. The Hall–Kier alpha value is -3.46. The van der Waals surface area contributed by atoms with Gasteiger partial charge in [-0.15, -0.1) is 10.2 Å². The number of H-pyrrole nitrogens is 1. The lowest BCUT2D eigenvalue weighted by atomic mass is 10.2. The number of ether oxygens (including phenoxy) is 1. The first-order valence-electron chi connectivity index (χ1n) is 8.79. The zero-order valence-electron chi connectivity index (χ0n) is 15.5. The largest absolute Gasteiger partial charge is 0.462 e. The van der Waals surface area contributed by atoms with Crippen molar-refractivity contribution in [3.05, 3.63) is 70.5 Å². The zero-order chi connectivity index (χ0) is 20.6. The van der Waals surface area contributed by atoms with Crippen molar-refractivity contribution < 1.29 is 14.3 Å². The summed E-state index contributed by atoms with van der Waals surface area (Å²) in [5.74, 6) is -0.756. The molecular formula is C20H18N4O4S. The van der Waals surface area contributed by atoms with Gasteiger partial charge < -0.3 is 10.1 Å². The van der Waals surface area contributed by atoms with E-state index in [1.54, 1.807) is 49.4 Å². The van der Waals surface area contributed by atoms with Crippen molar-refractivity contribution in [2.75, 3.05) is 17.7 Å². The van der Waals surface area contributed by atoms with Gasteiger partial charge in [0.1, 0.15) is 0 Å². The van der Waals surface area contributed by atoms with Gasteiger partial charge in [0.05, 0.1) is 17.9 Å². The van der Waals surface area contributed by atoms with E-state index >= 15 is 0 Å². The van der Waals surface area contributed by atoms with Crippen molar-refractivity contribution in [1.82, 2.24) is 15.2 Å². The van der Waals surface area contributed by atoms with Gasteiger partial charge in [0.25, 0.3) is 5.56 Å². The second-order valence-corrected chi connectivity index (χ2v) is 6.78. The Labute approximate surface area is 170 Å². The van der Waals surface area contributed by atoms with Crippen LogP contribution < -0.4 is 10.9 Å². The van der Waals surface area contributed by atoms with Gasteiger partial charge in [0.15, 0.2) is 10.9 Å². The highest BCUT2D eigenvalue weighted by atomic mass is 32.2. The summed E-state index contributed by atoms with van der Waals surface area (Å²) in [4.78, 5) is 38.8. The van der Waals surface area contributed by atoms with Gasteiger partial charge in [0.2, 0.25) is 5.91 Å². The van der Waals surface area contributed by atoms with Gasteiger partial charge >= 0.3 is 5.97 Å². The number of hydrogen-bond acceptors (Lipinski definition) is 7. The molecule has 0 aliphatic heterocycles. The number of thioether (sulfide) groups is 1. The van der Waals surface area contributed by atoms with Gasteiger partial charge in [-0.25, -0.2) is 4.79 Å². The molecule has 2 aromatic carbocycles. The number of esters is 1. The molecule has 29 heavy (non-hydrogen) atoms. The molecule has 0 saturated heterocycles. The summed E-state index contributed by atoms with van der Waals surface area (Å²) < 4.78 is 4.94. The molecule has 0 radical (unpaired) electrons. The molecule has 0 bridgehead atoms. The van der Waals surface area contributed by atoms with E-state index in [-0.39, 0.29) is 34.7 Å². The van der Waals surface area contributed by atoms with Gasteiger partial charge in [-0.05, 0) is 25.1 Å². The average Bonchev–Trinajstić information content (AvgIpc) is 2.73. The first-order chi connectivity index (χ1) is 14.1. The number of rotatable bonds is 7. The number of aromatic nitrogens is 3. The summed E-state index contributed by atoms with van der Waals surface area (Å²) in [5.41, 5.74) is 1.33. The standard InChI is InChI=1S/C20H18N4O4S/c1-2-28-19(27)14-9-6-10-15(11-14)21-16(25)12-29-20-22-18(26)17(23-24-20)13-7-4-3-5-8-13/h3-11H,2,12H2,1H3,(H,21,25)(H,22,24,26). The van der Waals surface area contributed by atoms with Gasteiger partial charge in [-0.1, -0.05) is 48.2 Å². The number of nitrogens with zero attached hydrogens (tertiary/aromatic N) is 2. The second-order valence-electron chi connectivity index (χ2n) is 5.81. The average molecular weight is 410 g/mol. The number of aromatic amines is 1. The maximum absolute atomic E-state index is 12.2. The number of nitrogens with one attached hydrogen (secondary N) is 2. The van der Waals surface area contributed by atoms with E-state index in [0.29, 0.717) is 16.8 Å². The maximum atomic E-state index is 12.2. The molecule has 3 aromatic rings. The molecular weight excluding hydrogens is 392 g/mol. The molecule has 0 aliphatic rings. The molecule has 1 aromatic heterocycles. The van der Waals surface area contributed by atoms with Crippen molar-refractivity contribution in [3.63, 3.8) is 0 Å². The van der Waals surface area contributed by atoms with E-state index in [1.165, 1.54) is 6.07 Å². The Morgan fingerprint density at radius 1 is 1.10 bits per heavy atom. The minimum Gasteiger partial charge on any atom is -0.462 e. The molecule has 9 heteroatoms. The van der Waals surface area contributed by atoms with E-state index in [0.717, 1.165) is 11.8 Å². The third-order valence-electron chi connectivity index (χ3n) is 3.72. The lowest BCUT2D eigenvalue weighted by molar-refractivity contribution is -0.113. The number of carbonyl (C=O) groups is 2. The second kappa shape index (κ2) is 9.65. The van der Waals surface area contributed by atoms with Crippen LogP contribution in [0, 0.1) is 0 Å². The monoisotopic (exact) mass is 410 g/mol. The molecule has 148 valence electrons. The molecule has 0 atom stereocenters. The minimum atomic E-state index is -0.454. The van der Waals surface area contributed by atoms with E-state index < -0.39 is 5.97 Å². The summed E-state index contributed by atoms with van der Waals surface area (Å²) in [6.45, 7) is 1.99. The third kappa shape index (κ3) is 5.52. The lowest BCUT2D eigenvalue weighted by Gasteiger charge is -2.07. The minimum absolute atomic E-state index is 0.0128. The number of carbonyl (C=O) groups excluding carboxylic acids is 2. The highest BCUT2D eigenvalue weighted by Gasteiger charge is 2.11. The van der Waals surface area contributed by atoms with Crippen molar-refractivity contribution in [2.24, 2.45) is 0 Å². The first-order valence-corrected chi connectivity index (χ1v) is 9.77. The molecule has 1 amide bonds. The number of benzene rings is 2. The molecule has 2 N–H and O–H groups in total. The molecule has 0 saturated carbocycles. The number of amides is 1. The van der Waals surface area contributed by atoms with Crippen LogP contribution in [0.15, 0.2) is 64.5 Å². The quantitative estimate of drug-likeness (QED) is 0.455. The summed E-state index contributed by atoms with van der Waals surface area (Å²) in [6.07, 6.45) is 0. The van der Waals surface area contributed by atoms with E-state index in [9.17, 15) is 14.4 Å². The predicted molar refractivity (Wildman–Crippen MR) is 110 cm³/mol. The van der Waals surface area contributed by atoms with Crippen LogP contribution in [0.1, 0.15) is 17.3 Å². The van der Waals surface area contributed by atoms with Crippen molar-refractivity contribution >= 4 is 29.3 Å². The molecule has 1 heterocycles. The maximum Gasteiger partial charge on any atom is 0.338 e.